The van der Waals surface area contributed by atoms with Gasteiger partial charge in [0, 0.05) is 6.54 Å². The van der Waals surface area contributed by atoms with Crippen LogP contribution in [0.15, 0.2) is 0 Å². The Morgan fingerprint density at radius 1 is 1.40 bits per heavy atom. The highest BCUT2D eigenvalue weighted by Gasteiger charge is 2.50. The van der Waals surface area contributed by atoms with Gasteiger partial charge in [-0.1, -0.05) is 13.8 Å². The van der Waals surface area contributed by atoms with Gasteiger partial charge in [0.15, 0.2) is 6.10 Å². The molecule has 0 radical (unpaired) electrons. The van der Waals surface area contributed by atoms with Crippen LogP contribution in [-0.4, -0.2) is 55.4 Å². The van der Waals surface area contributed by atoms with E-state index in [1.807, 2.05) is 13.8 Å². The normalized spacial score (nSPS) is 23.6. The lowest BCUT2D eigenvalue weighted by atomic mass is 10.2. The van der Waals surface area contributed by atoms with E-state index in [0.717, 1.165) is 0 Å². The van der Waals surface area contributed by atoms with E-state index in [9.17, 15) is 26.7 Å². The van der Waals surface area contributed by atoms with Gasteiger partial charge in [-0.25, -0.2) is 13.6 Å². The summed E-state index contributed by atoms with van der Waals surface area (Å²) in [5, 5.41) is 1.46. The first-order chi connectivity index (χ1) is 9.02. The molecule has 0 aromatic heterocycles. The minimum absolute atomic E-state index is 0.221. The summed E-state index contributed by atoms with van der Waals surface area (Å²) in [6, 6.07) is -2.15. The Morgan fingerprint density at radius 2 is 1.90 bits per heavy atom. The van der Waals surface area contributed by atoms with Crippen molar-refractivity contribution in [2.75, 3.05) is 20.1 Å². The number of hydrogen-bond donors (Lipinski definition) is 1. The molecule has 0 spiro atoms. The van der Waals surface area contributed by atoms with Crippen molar-refractivity contribution in [3.05, 3.63) is 0 Å². The molecule has 2 atom stereocenters. The maximum Gasteiger partial charge on any atom is 0.408 e. The van der Waals surface area contributed by atoms with Crippen LogP contribution in [0, 0.1) is 0 Å². The minimum Gasteiger partial charge on any atom is -0.438 e. The summed E-state index contributed by atoms with van der Waals surface area (Å²) in [5.41, 5.74) is 0. The van der Waals surface area contributed by atoms with E-state index in [1.54, 1.807) is 0 Å². The van der Waals surface area contributed by atoms with Crippen LogP contribution in [0.4, 0.5) is 26.7 Å². The average Bonchev–Trinajstić information content (AvgIpc) is 2.52. The van der Waals surface area contributed by atoms with Gasteiger partial charge in [0.1, 0.15) is 6.04 Å². The number of carbonyl (C=O) groups excluding carboxylic acids is 1. The monoisotopic (exact) mass is 306 g/mol. The smallest absolute Gasteiger partial charge is 0.408 e. The van der Waals surface area contributed by atoms with Gasteiger partial charge < -0.3 is 10.1 Å². The molecule has 1 saturated heterocycles. The van der Waals surface area contributed by atoms with Crippen LogP contribution in [0.1, 0.15) is 20.8 Å². The van der Waals surface area contributed by atoms with Gasteiger partial charge in [0.05, 0.1) is 6.54 Å². The second kappa shape index (κ2) is 7.05. The van der Waals surface area contributed by atoms with Crippen molar-refractivity contribution < 1.29 is 31.5 Å². The Morgan fingerprint density at radius 3 is 2.25 bits per heavy atom. The molecule has 120 valence electrons. The molecule has 9 heteroatoms. The zero-order chi connectivity index (χ0) is 16.1. The molecule has 0 bridgehead atoms. The molecule has 0 aromatic carbocycles. The third-order valence-corrected chi connectivity index (χ3v) is 2.50. The molecule has 1 fully saturated rings. The zero-order valence-corrected chi connectivity index (χ0v) is 11.7. The van der Waals surface area contributed by atoms with Crippen LogP contribution in [-0.2, 0) is 4.74 Å². The Bertz CT molecular complexity index is 322. The fraction of sp³-hybridized carbons (Fsp3) is 0.909. The molecule has 0 aliphatic carbocycles. The molecule has 2 unspecified atom stereocenters. The van der Waals surface area contributed by atoms with E-state index in [4.69, 9.17) is 0 Å². The maximum absolute atomic E-state index is 13.2. The molecule has 1 aliphatic rings. The Hall–Kier alpha value is -1.12. The Kier molecular flexibility index (Phi) is 6.66. The predicted molar refractivity (Wildman–Crippen MR) is 62.7 cm³/mol. The number of hydrogen-bond acceptors (Lipinski definition) is 3. The number of carbonyl (C=O) groups is 1. The van der Waals surface area contributed by atoms with E-state index in [-0.39, 0.29) is 6.54 Å². The number of nitrogens with zero attached hydrogens (tertiary/aromatic N) is 1. The van der Waals surface area contributed by atoms with E-state index in [0.29, 0.717) is 6.92 Å². The average molecular weight is 306 g/mol. The van der Waals surface area contributed by atoms with E-state index < -0.39 is 36.9 Å². The van der Waals surface area contributed by atoms with E-state index >= 15 is 0 Å². The first kappa shape index (κ1) is 18.9. The van der Waals surface area contributed by atoms with E-state index in [1.165, 1.54) is 17.3 Å². The number of likely N-dealkylation sites (tertiary alicyclic amines) is 1. The molecule has 1 rings (SSSR count). The van der Waals surface area contributed by atoms with Crippen molar-refractivity contribution >= 4 is 6.09 Å². The summed E-state index contributed by atoms with van der Waals surface area (Å²) >= 11 is 0. The molecule has 1 heterocycles. The maximum atomic E-state index is 13.2. The first-order valence-corrected chi connectivity index (χ1v) is 6.12. The quantitative estimate of drug-likeness (QED) is 0.798. The lowest BCUT2D eigenvalue weighted by Crippen LogP contribution is -2.46. The summed E-state index contributed by atoms with van der Waals surface area (Å²) in [7, 11) is 1.40. The number of rotatable bonds is 2. The van der Waals surface area contributed by atoms with Crippen molar-refractivity contribution in [3.63, 3.8) is 0 Å². The topological polar surface area (TPSA) is 41.6 Å². The van der Waals surface area contributed by atoms with Crippen LogP contribution in [0.5, 0.6) is 0 Å². The molecule has 1 N–H and O–H groups in total. The van der Waals surface area contributed by atoms with Gasteiger partial charge in [-0.05, 0) is 14.0 Å². The van der Waals surface area contributed by atoms with Crippen LogP contribution in [0.25, 0.3) is 0 Å². The van der Waals surface area contributed by atoms with Gasteiger partial charge >= 0.3 is 12.3 Å². The van der Waals surface area contributed by atoms with Crippen molar-refractivity contribution in [2.24, 2.45) is 0 Å². The molecule has 0 saturated carbocycles. The molecule has 1 aliphatic heterocycles. The number of halogens is 5. The third kappa shape index (κ3) is 5.48. The number of likely N-dealkylation sites (N-methyl/N-ethyl adjacent to an activating group) is 1. The lowest BCUT2D eigenvalue weighted by Gasteiger charge is -2.21. The third-order valence-electron chi connectivity index (χ3n) is 2.50. The fourth-order valence-electron chi connectivity index (χ4n) is 1.49. The lowest BCUT2D eigenvalue weighted by molar-refractivity contribution is -0.151. The van der Waals surface area contributed by atoms with Crippen molar-refractivity contribution in [1.82, 2.24) is 10.2 Å². The number of nitrogens with one attached hydrogen (secondary N) is 1. The summed E-state index contributed by atoms with van der Waals surface area (Å²) in [6.45, 7) is 3.88. The zero-order valence-electron chi connectivity index (χ0n) is 11.7. The summed E-state index contributed by atoms with van der Waals surface area (Å²) < 4.78 is 67.1. The fourth-order valence-corrected chi connectivity index (χ4v) is 1.49. The van der Waals surface area contributed by atoms with Crippen molar-refractivity contribution in [2.45, 2.75) is 45.0 Å². The molecular weight excluding hydrogens is 287 g/mol. The molecular formula is C11H19F5N2O2. The SMILES string of the molecule is CC.CC(NC(=O)OC1CN(C)CC1(F)F)C(F)(F)F. The van der Waals surface area contributed by atoms with Crippen LogP contribution in [0.3, 0.4) is 0 Å². The second-order valence-corrected chi connectivity index (χ2v) is 4.26. The highest BCUT2D eigenvalue weighted by atomic mass is 19.4. The summed E-state index contributed by atoms with van der Waals surface area (Å²) in [4.78, 5) is 12.3. The van der Waals surface area contributed by atoms with Crippen LogP contribution < -0.4 is 5.32 Å². The van der Waals surface area contributed by atoms with Gasteiger partial charge in [-0.2, -0.15) is 13.2 Å². The Balaban J connectivity index is 0.00000172. The van der Waals surface area contributed by atoms with Crippen LogP contribution in [0.2, 0.25) is 0 Å². The highest BCUT2D eigenvalue weighted by Crippen LogP contribution is 2.29. The number of ether oxygens (including phenoxy) is 1. The van der Waals surface area contributed by atoms with Gasteiger partial charge in [0.2, 0.25) is 0 Å². The predicted octanol–water partition coefficient (Wildman–Crippen LogP) is 2.64. The molecule has 20 heavy (non-hydrogen) atoms. The minimum atomic E-state index is -4.64. The number of alkyl carbamates (subject to hydrolysis) is 1. The standard InChI is InChI=1S/C9H13F5N2O2.C2H6/c1-5(9(12,13)14)15-7(17)18-6-3-16(2)4-8(6,10)11;1-2/h5-6H,3-4H2,1-2H3,(H,15,17);1-2H3. The molecule has 4 nitrogen and oxygen atoms in total. The number of amides is 1. The van der Waals surface area contributed by atoms with Crippen LogP contribution >= 0.6 is 0 Å². The molecule has 0 aromatic rings. The molecule has 1 amide bonds. The summed E-state index contributed by atoms with van der Waals surface area (Å²) in [5.74, 6) is -3.26. The highest BCUT2D eigenvalue weighted by molar-refractivity contribution is 5.68. The van der Waals surface area contributed by atoms with E-state index in [2.05, 4.69) is 4.74 Å². The first-order valence-electron chi connectivity index (χ1n) is 6.12. The van der Waals surface area contributed by atoms with Gasteiger partial charge in [-0.3, -0.25) is 4.90 Å². The summed E-state index contributed by atoms with van der Waals surface area (Å²) in [6.07, 6.45) is -7.88. The van der Waals surface area contributed by atoms with Gasteiger partial charge in [0.25, 0.3) is 5.92 Å². The Labute approximate surface area is 114 Å². The van der Waals surface area contributed by atoms with Gasteiger partial charge in [-0.15, -0.1) is 0 Å². The number of alkyl halides is 5. The second-order valence-electron chi connectivity index (χ2n) is 4.26. The van der Waals surface area contributed by atoms with Crippen molar-refractivity contribution in [1.29, 1.82) is 0 Å². The largest absolute Gasteiger partial charge is 0.438 e. The van der Waals surface area contributed by atoms with Crippen molar-refractivity contribution in [3.8, 4) is 0 Å².